The van der Waals surface area contributed by atoms with Gasteiger partial charge < -0.3 is 5.73 Å². The number of nitrogens with zero attached hydrogens (tertiary/aromatic N) is 1. The Balaban J connectivity index is 1.98. The van der Waals surface area contributed by atoms with Crippen molar-refractivity contribution in [1.82, 2.24) is 4.90 Å². The lowest BCUT2D eigenvalue weighted by molar-refractivity contribution is -0.0968. The lowest BCUT2D eigenvalue weighted by atomic mass is 9.83. The SMILES string of the molecule is NCC1CCCCC1N1CC=C(C(F)(F)F)CC1. The molecule has 0 aromatic rings. The van der Waals surface area contributed by atoms with Crippen molar-refractivity contribution in [2.75, 3.05) is 19.6 Å². The molecule has 2 atom stereocenters. The van der Waals surface area contributed by atoms with Gasteiger partial charge in [-0.1, -0.05) is 18.9 Å². The molecule has 2 unspecified atom stereocenters. The highest BCUT2D eigenvalue weighted by molar-refractivity contribution is 5.13. The Morgan fingerprint density at radius 1 is 1.28 bits per heavy atom. The molecule has 5 heteroatoms. The van der Waals surface area contributed by atoms with Crippen molar-refractivity contribution >= 4 is 0 Å². The van der Waals surface area contributed by atoms with Crippen LogP contribution in [-0.4, -0.2) is 36.8 Å². The van der Waals surface area contributed by atoms with Gasteiger partial charge in [-0.05, 0) is 31.7 Å². The summed E-state index contributed by atoms with van der Waals surface area (Å²) in [5.74, 6) is 0.458. The summed E-state index contributed by atoms with van der Waals surface area (Å²) >= 11 is 0. The summed E-state index contributed by atoms with van der Waals surface area (Å²) < 4.78 is 37.6. The molecule has 0 bridgehead atoms. The molecule has 1 saturated carbocycles. The second-order valence-corrected chi connectivity index (χ2v) is 5.32. The molecule has 0 aromatic heterocycles. The van der Waals surface area contributed by atoms with Crippen LogP contribution in [0.3, 0.4) is 0 Å². The molecule has 2 aliphatic rings. The molecule has 0 amide bonds. The van der Waals surface area contributed by atoms with Crippen LogP contribution in [0.2, 0.25) is 0 Å². The summed E-state index contributed by atoms with van der Waals surface area (Å²) in [6.07, 6.45) is 1.91. The van der Waals surface area contributed by atoms with E-state index in [2.05, 4.69) is 4.90 Å². The Labute approximate surface area is 106 Å². The van der Waals surface area contributed by atoms with E-state index in [1.54, 1.807) is 0 Å². The summed E-state index contributed by atoms with van der Waals surface area (Å²) in [4.78, 5) is 2.19. The molecular weight excluding hydrogens is 241 g/mol. The lowest BCUT2D eigenvalue weighted by Gasteiger charge is -2.41. The molecule has 2 rings (SSSR count). The topological polar surface area (TPSA) is 29.3 Å². The molecule has 1 aliphatic carbocycles. The molecule has 2 N–H and O–H groups in total. The number of hydrogen-bond donors (Lipinski definition) is 1. The Hall–Kier alpha value is -0.550. The van der Waals surface area contributed by atoms with Gasteiger partial charge in [0.1, 0.15) is 0 Å². The van der Waals surface area contributed by atoms with Crippen molar-refractivity contribution in [3.8, 4) is 0 Å². The van der Waals surface area contributed by atoms with Crippen molar-refractivity contribution in [3.05, 3.63) is 11.6 Å². The lowest BCUT2D eigenvalue weighted by Crippen LogP contribution is -2.47. The summed E-state index contributed by atoms with van der Waals surface area (Å²) in [5.41, 5.74) is 5.41. The molecule has 0 aromatic carbocycles. The van der Waals surface area contributed by atoms with Crippen LogP contribution < -0.4 is 5.73 Å². The van der Waals surface area contributed by atoms with Gasteiger partial charge in [0.2, 0.25) is 0 Å². The molecule has 1 heterocycles. The average molecular weight is 262 g/mol. The summed E-state index contributed by atoms with van der Waals surface area (Å²) in [6.45, 7) is 1.60. The van der Waals surface area contributed by atoms with Crippen molar-refractivity contribution < 1.29 is 13.2 Å². The minimum Gasteiger partial charge on any atom is -0.330 e. The van der Waals surface area contributed by atoms with Gasteiger partial charge in [0, 0.05) is 24.7 Å². The maximum absolute atomic E-state index is 12.5. The van der Waals surface area contributed by atoms with E-state index >= 15 is 0 Å². The van der Waals surface area contributed by atoms with Crippen molar-refractivity contribution in [3.63, 3.8) is 0 Å². The second kappa shape index (κ2) is 5.61. The summed E-state index contributed by atoms with van der Waals surface area (Å²) in [7, 11) is 0. The van der Waals surface area contributed by atoms with E-state index in [4.69, 9.17) is 5.73 Å². The Kier molecular flexibility index (Phi) is 4.33. The van der Waals surface area contributed by atoms with Crippen LogP contribution in [0.25, 0.3) is 0 Å². The van der Waals surface area contributed by atoms with Gasteiger partial charge in [-0.2, -0.15) is 13.2 Å². The molecule has 1 aliphatic heterocycles. The Bertz CT molecular complexity index is 312. The van der Waals surface area contributed by atoms with Crippen LogP contribution in [-0.2, 0) is 0 Å². The second-order valence-electron chi connectivity index (χ2n) is 5.32. The zero-order chi connectivity index (χ0) is 13.2. The van der Waals surface area contributed by atoms with E-state index in [-0.39, 0.29) is 12.0 Å². The van der Waals surface area contributed by atoms with Crippen LogP contribution in [0.4, 0.5) is 13.2 Å². The number of hydrogen-bond acceptors (Lipinski definition) is 2. The van der Waals surface area contributed by atoms with Crippen LogP contribution in [0.1, 0.15) is 32.1 Å². The molecule has 2 nitrogen and oxygen atoms in total. The van der Waals surface area contributed by atoms with E-state index in [1.165, 1.54) is 18.9 Å². The highest BCUT2D eigenvalue weighted by atomic mass is 19.4. The summed E-state index contributed by atoms with van der Waals surface area (Å²) in [6, 6.07) is 0.384. The third-order valence-electron chi connectivity index (χ3n) is 4.25. The number of rotatable bonds is 2. The van der Waals surface area contributed by atoms with Gasteiger partial charge in [-0.25, -0.2) is 0 Å². The van der Waals surface area contributed by atoms with E-state index in [9.17, 15) is 13.2 Å². The van der Waals surface area contributed by atoms with E-state index in [1.807, 2.05) is 0 Å². The van der Waals surface area contributed by atoms with Gasteiger partial charge in [0.25, 0.3) is 0 Å². The quantitative estimate of drug-likeness (QED) is 0.775. The molecule has 0 radical (unpaired) electrons. The predicted octanol–water partition coefficient (Wildman–Crippen LogP) is 2.70. The first-order chi connectivity index (χ1) is 8.52. The van der Waals surface area contributed by atoms with Gasteiger partial charge in [-0.3, -0.25) is 4.90 Å². The smallest absolute Gasteiger partial charge is 0.330 e. The van der Waals surface area contributed by atoms with Crippen molar-refractivity contribution in [2.24, 2.45) is 11.7 Å². The monoisotopic (exact) mass is 262 g/mol. The number of alkyl halides is 3. The number of halogens is 3. The summed E-state index contributed by atoms with van der Waals surface area (Å²) in [5, 5.41) is 0. The fourth-order valence-corrected chi connectivity index (χ4v) is 3.19. The average Bonchev–Trinajstić information content (AvgIpc) is 2.38. The highest BCUT2D eigenvalue weighted by Crippen LogP contribution is 2.33. The number of nitrogens with two attached hydrogens (primary N) is 1. The molecule has 104 valence electrons. The van der Waals surface area contributed by atoms with Gasteiger partial charge >= 0.3 is 6.18 Å². The molecule has 0 spiro atoms. The molecule has 18 heavy (non-hydrogen) atoms. The fourth-order valence-electron chi connectivity index (χ4n) is 3.19. The van der Waals surface area contributed by atoms with Gasteiger partial charge in [0.15, 0.2) is 0 Å². The van der Waals surface area contributed by atoms with Crippen molar-refractivity contribution in [1.29, 1.82) is 0 Å². The Morgan fingerprint density at radius 2 is 2.00 bits per heavy atom. The van der Waals surface area contributed by atoms with Gasteiger partial charge in [-0.15, -0.1) is 0 Å². The maximum atomic E-state index is 12.5. The van der Waals surface area contributed by atoms with Crippen LogP contribution in [0.15, 0.2) is 11.6 Å². The zero-order valence-electron chi connectivity index (χ0n) is 10.5. The molecule has 0 saturated heterocycles. The van der Waals surface area contributed by atoms with Crippen molar-refractivity contribution in [2.45, 2.75) is 44.3 Å². The minimum absolute atomic E-state index is 0.122. The fraction of sp³-hybridized carbons (Fsp3) is 0.846. The first kappa shape index (κ1) is 13.9. The standard InChI is InChI=1S/C13H21F3N2/c14-13(15,16)11-5-7-18(8-6-11)12-4-2-1-3-10(12)9-17/h5,10,12H,1-4,6-9,17H2. The predicted molar refractivity (Wildman–Crippen MR) is 65.1 cm³/mol. The van der Waals surface area contributed by atoms with E-state index < -0.39 is 6.18 Å². The highest BCUT2D eigenvalue weighted by Gasteiger charge is 2.37. The third-order valence-corrected chi connectivity index (χ3v) is 4.25. The molecular formula is C13H21F3N2. The third kappa shape index (κ3) is 3.06. The Morgan fingerprint density at radius 3 is 2.56 bits per heavy atom. The minimum atomic E-state index is -4.15. The van der Waals surface area contributed by atoms with E-state index in [0.717, 1.165) is 12.8 Å². The largest absolute Gasteiger partial charge is 0.412 e. The van der Waals surface area contributed by atoms with Crippen LogP contribution in [0, 0.1) is 5.92 Å². The normalized spacial score (nSPS) is 31.2. The van der Waals surface area contributed by atoms with Crippen LogP contribution in [0.5, 0.6) is 0 Å². The first-order valence-corrected chi connectivity index (χ1v) is 6.72. The van der Waals surface area contributed by atoms with Gasteiger partial charge in [0.05, 0.1) is 0 Å². The zero-order valence-corrected chi connectivity index (χ0v) is 10.5. The van der Waals surface area contributed by atoms with Crippen LogP contribution >= 0.6 is 0 Å². The first-order valence-electron chi connectivity index (χ1n) is 6.72. The van der Waals surface area contributed by atoms with E-state index in [0.29, 0.717) is 31.6 Å². The molecule has 1 fully saturated rings. The maximum Gasteiger partial charge on any atom is 0.412 e.